The summed E-state index contributed by atoms with van der Waals surface area (Å²) in [6.45, 7) is 3.96. The van der Waals surface area contributed by atoms with E-state index in [0.717, 1.165) is 25.9 Å². The number of nitriles is 1. The molecule has 108 valence electrons. The zero-order chi connectivity index (χ0) is 14.9. The topological polar surface area (TPSA) is 35.8 Å². The normalized spacial score (nSPS) is 10.3. The number of hydrogen-bond acceptors (Lipinski definition) is 2. The van der Waals surface area contributed by atoms with E-state index >= 15 is 0 Å². The lowest BCUT2D eigenvalue weighted by Gasteiger charge is -2.07. The minimum Gasteiger partial charge on any atom is -0.313 e. The van der Waals surface area contributed by atoms with Gasteiger partial charge in [0.05, 0.1) is 6.07 Å². The van der Waals surface area contributed by atoms with Gasteiger partial charge in [-0.3, -0.25) is 0 Å². The zero-order valence-electron chi connectivity index (χ0n) is 12.6. The van der Waals surface area contributed by atoms with E-state index in [4.69, 9.17) is 5.26 Å². The molecule has 2 aromatic carbocycles. The molecule has 0 fully saturated rings. The summed E-state index contributed by atoms with van der Waals surface area (Å²) < 4.78 is 0. The fourth-order valence-electron chi connectivity index (χ4n) is 2.29. The summed E-state index contributed by atoms with van der Waals surface area (Å²) in [7, 11) is 0. The molecule has 0 radical (unpaired) electrons. The summed E-state index contributed by atoms with van der Waals surface area (Å²) in [4.78, 5) is 0. The van der Waals surface area contributed by atoms with Gasteiger partial charge in [0.2, 0.25) is 0 Å². The standard InChI is InChI=1S/C19H22N2/c1-16-8-10-18(11-9-16)19-7-5-6-17(14-19)15-21-13-4-2-3-12-20/h5-11,14,21H,2-4,13,15H2,1H3. The average molecular weight is 278 g/mol. The Kier molecular flexibility index (Phi) is 5.99. The lowest BCUT2D eigenvalue weighted by Crippen LogP contribution is -2.14. The molecular formula is C19H22N2. The molecule has 2 heteroatoms. The number of nitrogens with zero attached hydrogens (tertiary/aromatic N) is 1. The molecule has 0 aliphatic heterocycles. The van der Waals surface area contributed by atoms with Crippen LogP contribution in [-0.4, -0.2) is 6.54 Å². The van der Waals surface area contributed by atoms with Crippen LogP contribution >= 0.6 is 0 Å². The summed E-state index contributed by atoms with van der Waals surface area (Å²) in [5.74, 6) is 0. The van der Waals surface area contributed by atoms with Crippen molar-refractivity contribution >= 4 is 0 Å². The predicted octanol–water partition coefficient (Wildman–Crippen LogP) is 4.45. The highest BCUT2D eigenvalue weighted by Gasteiger charge is 1.99. The first-order chi connectivity index (χ1) is 10.3. The summed E-state index contributed by atoms with van der Waals surface area (Å²) >= 11 is 0. The monoisotopic (exact) mass is 278 g/mol. The van der Waals surface area contributed by atoms with E-state index in [2.05, 4.69) is 66.8 Å². The van der Waals surface area contributed by atoms with Crippen molar-refractivity contribution in [1.29, 1.82) is 5.26 Å². The SMILES string of the molecule is Cc1ccc(-c2cccc(CNCCCCC#N)c2)cc1. The predicted molar refractivity (Wildman–Crippen MR) is 87.8 cm³/mol. The number of hydrogen-bond donors (Lipinski definition) is 1. The fourth-order valence-corrected chi connectivity index (χ4v) is 2.29. The maximum absolute atomic E-state index is 8.49. The van der Waals surface area contributed by atoms with Crippen LogP contribution in [0.15, 0.2) is 48.5 Å². The molecule has 2 rings (SSSR count). The third kappa shape index (κ3) is 5.06. The number of aryl methyl sites for hydroxylation is 1. The number of nitrogens with one attached hydrogen (secondary N) is 1. The van der Waals surface area contributed by atoms with Gasteiger partial charge < -0.3 is 5.32 Å². The van der Waals surface area contributed by atoms with Crippen molar-refractivity contribution in [3.63, 3.8) is 0 Å². The first-order valence-corrected chi connectivity index (χ1v) is 7.53. The minimum atomic E-state index is 0.657. The highest BCUT2D eigenvalue weighted by Crippen LogP contribution is 2.20. The van der Waals surface area contributed by atoms with Gasteiger partial charge >= 0.3 is 0 Å². The Bertz CT molecular complexity index is 594. The smallest absolute Gasteiger partial charge is 0.0621 e. The highest BCUT2D eigenvalue weighted by atomic mass is 14.8. The minimum absolute atomic E-state index is 0.657. The number of benzene rings is 2. The van der Waals surface area contributed by atoms with Crippen LogP contribution in [0.4, 0.5) is 0 Å². The molecule has 0 bridgehead atoms. The summed E-state index contributed by atoms with van der Waals surface area (Å²) in [6.07, 6.45) is 2.70. The number of unbranched alkanes of at least 4 members (excludes halogenated alkanes) is 2. The van der Waals surface area contributed by atoms with Gasteiger partial charge in [-0.1, -0.05) is 48.0 Å². The first kappa shape index (κ1) is 15.3. The third-order valence-electron chi connectivity index (χ3n) is 3.53. The molecule has 0 atom stereocenters. The molecule has 0 aromatic heterocycles. The molecule has 1 N–H and O–H groups in total. The molecule has 0 saturated heterocycles. The Hall–Kier alpha value is -2.11. The summed E-state index contributed by atoms with van der Waals surface area (Å²) in [5, 5.41) is 11.9. The average Bonchev–Trinajstić information content (AvgIpc) is 2.52. The summed E-state index contributed by atoms with van der Waals surface area (Å²) in [6, 6.07) is 19.5. The molecule has 2 nitrogen and oxygen atoms in total. The molecule has 2 aromatic rings. The quantitative estimate of drug-likeness (QED) is 0.760. The van der Waals surface area contributed by atoms with Gasteiger partial charge in [-0.15, -0.1) is 0 Å². The van der Waals surface area contributed by atoms with Gasteiger partial charge in [0.25, 0.3) is 0 Å². The Morgan fingerprint density at radius 3 is 2.57 bits per heavy atom. The Balaban J connectivity index is 1.89. The Labute approximate surface area is 127 Å². The molecule has 0 saturated carbocycles. The van der Waals surface area contributed by atoms with Gasteiger partial charge in [0, 0.05) is 13.0 Å². The van der Waals surface area contributed by atoms with E-state index in [1.54, 1.807) is 0 Å². The van der Waals surface area contributed by atoms with E-state index in [1.807, 2.05) is 0 Å². The molecule has 21 heavy (non-hydrogen) atoms. The van der Waals surface area contributed by atoms with Crippen LogP contribution in [0.1, 0.15) is 30.4 Å². The van der Waals surface area contributed by atoms with Crippen molar-refractivity contribution < 1.29 is 0 Å². The second-order valence-electron chi connectivity index (χ2n) is 5.36. The second kappa shape index (κ2) is 8.24. The molecule has 0 unspecified atom stereocenters. The van der Waals surface area contributed by atoms with Crippen LogP contribution in [-0.2, 0) is 6.54 Å². The van der Waals surface area contributed by atoms with Crippen LogP contribution in [0.25, 0.3) is 11.1 Å². The van der Waals surface area contributed by atoms with Crippen LogP contribution in [0, 0.1) is 18.3 Å². The molecule has 0 amide bonds. The zero-order valence-corrected chi connectivity index (χ0v) is 12.6. The van der Waals surface area contributed by atoms with E-state index < -0.39 is 0 Å². The molecule has 0 spiro atoms. The molecule has 0 heterocycles. The van der Waals surface area contributed by atoms with E-state index in [-0.39, 0.29) is 0 Å². The van der Waals surface area contributed by atoms with Gasteiger partial charge in [-0.05, 0) is 49.1 Å². The molecule has 0 aliphatic carbocycles. The largest absolute Gasteiger partial charge is 0.313 e. The van der Waals surface area contributed by atoms with Crippen LogP contribution in [0.3, 0.4) is 0 Å². The Morgan fingerprint density at radius 1 is 1.00 bits per heavy atom. The lowest BCUT2D eigenvalue weighted by atomic mass is 10.0. The Morgan fingerprint density at radius 2 is 1.81 bits per heavy atom. The second-order valence-corrected chi connectivity index (χ2v) is 5.36. The molecular weight excluding hydrogens is 256 g/mol. The lowest BCUT2D eigenvalue weighted by molar-refractivity contribution is 0.629. The van der Waals surface area contributed by atoms with E-state index in [9.17, 15) is 0 Å². The van der Waals surface area contributed by atoms with Crippen LogP contribution < -0.4 is 5.32 Å². The van der Waals surface area contributed by atoms with Crippen molar-refractivity contribution in [2.45, 2.75) is 32.7 Å². The van der Waals surface area contributed by atoms with Gasteiger partial charge in [0.1, 0.15) is 0 Å². The van der Waals surface area contributed by atoms with Gasteiger partial charge in [-0.25, -0.2) is 0 Å². The van der Waals surface area contributed by atoms with E-state index in [1.165, 1.54) is 22.3 Å². The van der Waals surface area contributed by atoms with Crippen LogP contribution in [0.2, 0.25) is 0 Å². The maximum Gasteiger partial charge on any atom is 0.0621 e. The van der Waals surface area contributed by atoms with Crippen molar-refractivity contribution in [2.75, 3.05) is 6.54 Å². The fraction of sp³-hybridized carbons (Fsp3) is 0.316. The summed E-state index contributed by atoms with van der Waals surface area (Å²) in [5.41, 5.74) is 5.11. The number of rotatable bonds is 7. The first-order valence-electron chi connectivity index (χ1n) is 7.53. The van der Waals surface area contributed by atoms with Crippen molar-refractivity contribution in [3.8, 4) is 17.2 Å². The molecule has 0 aliphatic rings. The maximum atomic E-state index is 8.49. The van der Waals surface area contributed by atoms with E-state index in [0.29, 0.717) is 6.42 Å². The van der Waals surface area contributed by atoms with Crippen molar-refractivity contribution in [2.24, 2.45) is 0 Å². The van der Waals surface area contributed by atoms with Crippen LogP contribution in [0.5, 0.6) is 0 Å². The van der Waals surface area contributed by atoms with Gasteiger partial charge in [-0.2, -0.15) is 5.26 Å². The van der Waals surface area contributed by atoms with Gasteiger partial charge in [0.15, 0.2) is 0 Å². The third-order valence-corrected chi connectivity index (χ3v) is 3.53. The van der Waals surface area contributed by atoms with Crippen molar-refractivity contribution in [1.82, 2.24) is 5.32 Å². The van der Waals surface area contributed by atoms with Crippen molar-refractivity contribution in [3.05, 3.63) is 59.7 Å². The highest BCUT2D eigenvalue weighted by molar-refractivity contribution is 5.64.